The summed E-state index contributed by atoms with van der Waals surface area (Å²) < 4.78 is 42.5. The summed E-state index contributed by atoms with van der Waals surface area (Å²) in [6.07, 6.45) is 23.0. The summed E-state index contributed by atoms with van der Waals surface area (Å²) in [4.78, 5) is 0. The first kappa shape index (κ1) is 42.2. The van der Waals surface area contributed by atoms with Crippen molar-refractivity contribution < 1.29 is 33.2 Å². The third kappa shape index (κ3) is 28.4. The molecule has 2 unspecified atom stereocenters. The van der Waals surface area contributed by atoms with Gasteiger partial charge in [-0.1, -0.05) is 92.2 Å². The van der Waals surface area contributed by atoms with E-state index in [1.54, 1.807) is 0 Å². The quantitative estimate of drug-likeness (QED) is 0.0406. The van der Waals surface area contributed by atoms with Gasteiger partial charge in [-0.15, -0.1) is 0 Å². The molecule has 0 N–H and O–H groups in total. The van der Waals surface area contributed by atoms with E-state index in [2.05, 4.69) is 53.7 Å². The van der Waals surface area contributed by atoms with Crippen LogP contribution >= 0.6 is 0 Å². The van der Waals surface area contributed by atoms with Crippen molar-refractivity contribution in [3.8, 4) is 0 Å². The topological polar surface area (TPSA) is 64.6 Å². The molecule has 7 nitrogen and oxygen atoms in total. The standard InChI is InChI=1S/C36H70O7/c1-7-13-27-37-33(38-28-14-8-2)23-19-21-25-35(41-31-17-11-5)43-36(42-32-18-12-6)26-22-20-24-34(39-29-15-9-3)40-30-16-10-4/h21-22,25-26,33-36H,7-20,23-24,27-32H2,1-6H3. The van der Waals surface area contributed by atoms with Gasteiger partial charge in [-0.3, -0.25) is 0 Å². The lowest BCUT2D eigenvalue weighted by atomic mass is 10.2. The van der Waals surface area contributed by atoms with Crippen molar-refractivity contribution in [1.82, 2.24) is 0 Å². The predicted molar refractivity (Wildman–Crippen MR) is 178 cm³/mol. The molecule has 0 bridgehead atoms. The molecule has 2 atom stereocenters. The van der Waals surface area contributed by atoms with Crippen molar-refractivity contribution in [2.75, 3.05) is 39.6 Å². The molecule has 0 saturated heterocycles. The van der Waals surface area contributed by atoms with E-state index >= 15 is 0 Å². The smallest absolute Gasteiger partial charge is 0.180 e. The second kappa shape index (κ2) is 34.1. The molecule has 0 aliphatic heterocycles. The second-order valence-corrected chi connectivity index (χ2v) is 11.1. The van der Waals surface area contributed by atoms with E-state index in [-0.39, 0.29) is 12.6 Å². The minimum absolute atomic E-state index is 0.170. The van der Waals surface area contributed by atoms with Crippen LogP contribution in [0.1, 0.15) is 144 Å². The zero-order valence-corrected chi connectivity index (χ0v) is 29.0. The Morgan fingerprint density at radius 1 is 0.395 bits per heavy atom. The monoisotopic (exact) mass is 615 g/mol. The molecule has 0 aromatic carbocycles. The molecular formula is C36H70O7. The summed E-state index contributed by atoms with van der Waals surface area (Å²) in [5.41, 5.74) is 0. The summed E-state index contributed by atoms with van der Waals surface area (Å²) in [5.74, 6) is 0. The zero-order chi connectivity index (χ0) is 31.6. The van der Waals surface area contributed by atoms with Crippen molar-refractivity contribution in [3.63, 3.8) is 0 Å². The van der Waals surface area contributed by atoms with Gasteiger partial charge in [-0.25, -0.2) is 0 Å². The van der Waals surface area contributed by atoms with Crippen molar-refractivity contribution in [2.24, 2.45) is 0 Å². The summed E-state index contributed by atoms with van der Waals surface area (Å²) in [5, 5.41) is 0. The maximum absolute atomic E-state index is 6.33. The molecule has 0 aromatic heterocycles. The molecule has 7 heteroatoms. The Bertz CT molecular complexity index is 528. The van der Waals surface area contributed by atoms with Gasteiger partial charge >= 0.3 is 0 Å². The Labute approximate surface area is 266 Å². The summed E-state index contributed by atoms with van der Waals surface area (Å²) >= 11 is 0. The average Bonchev–Trinajstić information content (AvgIpc) is 3.01. The normalized spacial score (nSPS) is 13.8. The van der Waals surface area contributed by atoms with Gasteiger partial charge in [-0.2, -0.15) is 0 Å². The van der Waals surface area contributed by atoms with Gasteiger partial charge < -0.3 is 33.2 Å². The summed E-state index contributed by atoms with van der Waals surface area (Å²) in [6, 6.07) is 0. The highest BCUT2D eigenvalue weighted by molar-refractivity contribution is 4.90. The van der Waals surface area contributed by atoms with E-state index in [9.17, 15) is 0 Å². The van der Waals surface area contributed by atoms with Gasteiger partial charge in [0.2, 0.25) is 0 Å². The molecule has 0 fully saturated rings. The SMILES string of the molecule is CCCCOC(C=CCCC(OCCCC)OCCCC)OC(C=CCCC(OCCCC)OCCCC)OCCCC. The van der Waals surface area contributed by atoms with Gasteiger partial charge in [0.25, 0.3) is 0 Å². The highest BCUT2D eigenvalue weighted by atomic mass is 16.8. The fourth-order valence-corrected chi connectivity index (χ4v) is 3.85. The molecule has 0 rings (SSSR count). The van der Waals surface area contributed by atoms with Crippen molar-refractivity contribution in [1.29, 1.82) is 0 Å². The number of ether oxygens (including phenoxy) is 7. The number of rotatable bonds is 34. The maximum atomic E-state index is 6.33. The third-order valence-electron chi connectivity index (χ3n) is 6.76. The lowest BCUT2D eigenvalue weighted by Gasteiger charge is -2.22. The fourth-order valence-electron chi connectivity index (χ4n) is 3.85. The van der Waals surface area contributed by atoms with Crippen LogP contribution in [0.2, 0.25) is 0 Å². The first-order valence-electron chi connectivity index (χ1n) is 17.8. The van der Waals surface area contributed by atoms with Crippen LogP contribution in [-0.2, 0) is 33.2 Å². The first-order chi connectivity index (χ1) is 21.1. The van der Waals surface area contributed by atoms with Gasteiger partial charge in [0, 0.05) is 39.3 Å². The lowest BCUT2D eigenvalue weighted by Crippen LogP contribution is -2.25. The van der Waals surface area contributed by atoms with Crippen LogP contribution in [0, 0.1) is 0 Å². The van der Waals surface area contributed by atoms with E-state index in [4.69, 9.17) is 33.2 Å². The predicted octanol–water partition coefficient (Wildman–Crippen LogP) is 9.88. The third-order valence-corrected chi connectivity index (χ3v) is 6.76. The minimum Gasteiger partial charge on any atom is -0.353 e. The second-order valence-electron chi connectivity index (χ2n) is 11.1. The Hall–Kier alpha value is -0.800. The van der Waals surface area contributed by atoms with Crippen LogP contribution in [-0.4, -0.2) is 64.8 Å². The summed E-state index contributed by atoms with van der Waals surface area (Å²) in [6.45, 7) is 17.3. The average molecular weight is 615 g/mol. The van der Waals surface area contributed by atoms with E-state index in [0.717, 1.165) is 129 Å². The molecule has 0 heterocycles. The molecule has 0 saturated carbocycles. The Morgan fingerprint density at radius 2 is 0.674 bits per heavy atom. The van der Waals surface area contributed by atoms with E-state index in [1.807, 2.05) is 12.2 Å². The van der Waals surface area contributed by atoms with Crippen LogP contribution < -0.4 is 0 Å². The minimum atomic E-state index is -0.481. The number of hydrogen-bond donors (Lipinski definition) is 0. The fraction of sp³-hybridized carbons (Fsp3) is 0.889. The van der Waals surface area contributed by atoms with E-state index in [1.165, 1.54) is 0 Å². The van der Waals surface area contributed by atoms with Crippen LogP contribution in [0.25, 0.3) is 0 Å². The van der Waals surface area contributed by atoms with Crippen molar-refractivity contribution >= 4 is 0 Å². The van der Waals surface area contributed by atoms with Crippen LogP contribution in [0.4, 0.5) is 0 Å². The van der Waals surface area contributed by atoms with Crippen LogP contribution in [0.15, 0.2) is 24.3 Å². The van der Waals surface area contributed by atoms with Gasteiger partial charge in [-0.05, 0) is 63.5 Å². The molecule has 0 aliphatic carbocycles. The number of unbranched alkanes of at least 4 members (excludes halogenated alkanes) is 6. The highest BCUT2D eigenvalue weighted by Crippen LogP contribution is 2.13. The molecular weight excluding hydrogens is 544 g/mol. The van der Waals surface area contributed by atoms with Gasteiger partial charge in [0.15, 0.2) is 25.2 Å². The highest BCUT2D eigenvalue weighted by Gasteiger charge is 2.15. The van der Waals surface area contributed by atoms with Gasteiger partial charge in [0.05, 0.1) is 13.2 Å². The molecule has 0 aromatic rings. The molecule has 0 amide bonds. The first-order valence-corrected chi connectivity index (χ1v) is 17.8. The van der Waals surface area contributed by atoms with Crippen LogP contribution in [0.3, 0.4) is 0 Å². The van der Waals surface area contributed by atoms with E-state index in [0.29, 0.717) is 13.2 Å². The molecule has 0 radical (unpaired) electrons. The maximum Gasteiger partial charge on any atom is 0.180 e. The molecule has 0 spiro atoms. The molecule has 256 valence electrons. The zero-order valence-electron chi connectivity index (χ0n) is 29.0. The Morgan fingerprint density at radius 3 is 0.953 bits per heavy atom. The Kier molecular flexibility index (Phi) is 33.4. The molecule has 43 heavy (non-hydrogen) atoms. The van der Waals surface area contributed by atoms with Crippen molar-refractivity contribution in [2.45, 2.75) is 169 Å². The lowest BCUT2D eigenvalue weighted by molar-refractivity contribution is -0.208. The Balaban J connectivity index is 5.17. The number of hydrogen-bond acceptors (Lipinski definition) is 7. The summed E-state index contributed by atoms with van der Waals surface area (Å²) in [7, 11) is 0. The van der Waals surface area contributed by atoms with Crippen LogP contribution in [0.5, 0.6) is 0 Å². The van der Waals surface area contributed by atoms with E-state index < -0.39 is 12.6 Å². The number of allylic oxidation sites excluding steroid dienone is 2. The largest absolute Gasteiger partial charge is 0.353 e. The van der Waals surface area contributed by atoms with Crippen molar-refractivity contribution in [3.05, 3.63) is 24.3 Å². The van der Waals surface area contributed by atoms with Gasteiger partial charge in [0.1, 0.15) is 0 Å². The molecule has 0 aliphatic rings.